The van der Waals surface area contributed by atoms with Gasteiger partial charge in [0.1, 0.15) is 5.75 Å². The Hall–Kier alpha value is -1.47. The fraction of sp³-hybridized carbons (Fsp3) is 0.417. The summed E-state index contributed by atoms with van der Waals surface area (Å²) in [5.41, 5.74) is 5.72. The number of carbonyl (C=O) groups is 1. The highest BCUT2D eigenvalue weighted by Gasteiger charge is 2.28. The number of carbonyl (C=O) groups excluding carboxylic acids is 1. The Morgan fingerprint density at radius 3 is 2.55 bits per heavy atom. The number of esters is 1. The van der Waals surface area contributed by atoms with Crippen LogP contribution < -0.4 is 10.5 Å². The Kier molecular flexibility index (Phi) is 8.02. The maximum Gasteiger partial charge on any atom is 0.387 e. The predicted octanol–water partition coefficient (Wildman–Crippen LogP) is 2.61. The minimum absolute atomic E-state index is 0. The molecule has 1 unspecified atom stereocenters. The van der Waals surface area contributed by atoms with Gasteiger partial charge in [0.05, 0.1) is 12.6 Å². The Labute approximate surface area is 120 Å². The molecule has 2 N–H and O–H groups in total. The number of ether oxygens (including phenoxy) is 2. The zero-order chi connectivity index (χ0) is 14.4. The highest BCUT2D eigenvalue weighted by molar-refractivity contribution is 5.85. The lowest BCUT2D eigenvalue weighted by Gasteiger charge is -2.16. The van der Waals surface area contributed by atoms with Crippen LogP contribution in [0, 0.1) is 0 Å². The third kappa shape index (κ3) is 5.26. The van der Waals surface area contributed by atoms with Gasteiger partial charge < -0.3 is 15.2 Å². The van der Waals surface area contributed by atoms with Crippen molar-refractivity contribution in [1.82, 2.24) is 0 Å². The molecule has 0 spiro atoms. The van der Waals surface area contributed by atoms with E-state index in [1.807, 2.05) is 0 Å². The third-order valence-electron chi connectivity index (χ3n) is 2.30. The maximum absolute atomic E-state index is 13.7. The van der Waals surface area contributed by atoms with E-state index in [9.17, 15) is 18.0 Å². The van der Waals surface area contributed by atoms with Gasteiger partial charge in [-0.05, 0) is 24.6 Å². The Bertz CT molecular complexity index is 434. The minimum atomic E-state index is -2.99. The molecule has 0 fully saturated rings. The van der Waals surface area contributed by atoms with Crippen LogP contribution in [0.3, 0.4) is 0 Å². The van der Waals surface area contributed by atoms with Crippen molar-refractivity contribution < 1.29 is 27.4 Å². The Morgan fingerprint density at radius 2 is 2.00 bits per heavy atom. The molecule has 1 aromatic carbocycles. The summed E-state index contributed by atoms with van der Waals surface area (Å²) in [5.74, 6) is -1.24. The first-order chi connectivity index (χ1) is 8.95. The van der Waals surface area contributed by atoms with Crippen molar-refractivity contribution in [3.63, 3.8) is 0 Å². The van der Waals surface area contributed by atoms with E-state index in [0.29, 0.717) is 0 Å². The summed E-state index contributed by atoms with van der Waals surface area (Å²) >= 11 is 0. The standard InChI is InChI=1S/C12H14F3NO3.ClH/c1-2-18-11(17)9(13)10(16)7-4-3-5-8(6-7)19-12(14)15;/h3-6,9-10,12H,2,16H2,1H3;1H/t9?,10-;/m1./s1. The van der Waals surface area contributed by atoms with E-state index >= 15 is 0 Å². The molecule has 0 saturated carbocycles. The van der Waals surface area contributed by atoms with Crippen LogP contribution >= 0.6 is 12.4 Å². The zero-order valence-electron chi connectivity index (χ0n) is 10.6. The van der Waals surface area contributed by atoms with Crippen LogP contribution in [0.4, 0.5) is 13.2 Å². The lowest BCUT2D eigenvalue weighted by atomic mass is 10.0. The van der Waals surface area contributed by atoms with Crippen LogP contribution in [0.1, 0.15) is 18.5 Å². The van der Waals surface area contributed by atoms with Gasteiger partial charge in [-0.1, -0.05) is 12.1 Å². The van der Waals surface area contributed by atoms with Crippen molar-refractivity contribution in [2.45, 2.75) is 25.7 Å². The van der Waals surface area contributed by atoms with Crippen molar-refractivity contribution in [3.8, 4) is 5.75 Å². The maximum atomic E-state index is 13.7. The normalized spacial score (nSPS) is 13.3. The predicted molar refractivity (Wildman–Crippen MR) is 68.8 cm³/mol. The van der Waals surface area contributed by atoms with E-state index in [4.69, 9.17) is 5.73 Å². The van der Waals surface area contributed by atoms with E-state index in [-0.39, 0.29) is 30.3 Å². The molecule has 1 aromatic rings. The second kappa shape index (κ2) is 8.65. The van der Waals surface area contributed by atoms with Crippen LogP contribution in [-0.2, 0) is 9.53 Å². The minimum Gasteiger partial charge on any atom is -0.464 e. The number of halogens is 4. The Morgan fingerprint density at radius 1 is 1.35 bits per heavy atom. The molecule has 0 radical (unpaired) electrons. The van der Waals surface area contributed by atoms with Gasteiger partial charge >= 0.3 is 12.6 Å². The molecule has 0 aliphatic heterocycles. The molecule has 114 valence electrons. The van der Waals surface area contributed by atoms with Crippen molar-refractivity contribution in [3.05, 3.63) is 29.8 Å². The van der Waals surface area contributed by atoms with Gasteiger partial charge in [-0.15, -0.1) is 12.4 Å². The smallest absolute Gasteiger partial charge is 0.387 e. The molecule has 8 heteroatoms. The van der Waals surface area contributed by atoms with Crippen molar-refractivity contribution in [2.75, 3.05) is 6.61 Å². The summed E-state index contributed by atoms with van der Waals surface area (Å²) in [6, 6.07) is 3.92. The van der Waals surface area contributed by atoms with Gasteiger partial charge in [0.25, 0.3) is 0 Å². The van der Waals surface area contributed by atoms with E-state index in [2.05, 4.69) is 9.47 Å². The van der Waals surface area contributed by atoms with Gasteiger partial charge in [0, 0.05) is 0 Å². The second-order valence-electron chi connectivity index (χ2n) is 3.63. The summed E-state index contributed by atoms with van der Waals surface area (Å²) in [7, 11) is 0. The summed E-state index contributed by atoms with van der Waals surface area (Å²) in [6.07, 6.45) is -2.07. The highest BCUT2D eigenvalue weighted by Crippen LogP contribution is 2.23. The van der Waals surface area contributed by atoms with Gasteiger partial charge in [0.2, 0.25) is 6.17 Å². The number of alkyl halides is 3. The second-order valence-corrected chi connectivity index (χ2v) is 3.63. The van der Waals surface area contributed by atoms with E-state index in [1.54, 1.807) is 0 Å². The third-order valence-corrected chi connectivity index (χ3v) is 2.30. The molecule has 0 saturated heterocycles. The number of benzene rings is 1. The van der Waals surface area contributed by atoms with Gasteiger partial charge in [-0.3, -0.25) is 0 Å². The van der Waals surface area contributed by atoms with Crippen molar-refractivity contribution in [2.24, 2.45) is 5.73 Å². The summed E-state index contributed by atoms with van der Waals surface area (Å²) in [6.45, 7) is -1.42. The fourth-order valence-corrected chi connectivity index (χ4v) is 1.44. The summed E-state index contributed by atoms with van der Waals surface area (Å²) < 4.78 is 46.4. The largest absolute Gasteiger partial charge is 0.464 e. The van der Waals surface area contributed by atoms with Crippen LogP contribution in [-0.4, -0.2) is 25.4 Å². The molecule has 0 aliphatic rings. The van der Waals surface area contributed by atoms with Crippen molar-refractivity contribution >= 4 is 18.4 Å². The molecule has 1 rings (SSSR count). The van der Waals surface area contributed by atoms with E-state index < -0.39 is 24.8 Å². The molecular weight excluding hydrogens is 299 g/mol. The molecule has 0 aliphatic carbocycles. The van der Waals surface area contributed by atoms with Crippen LogP contribution in [0.2, 0.25) is 0 Å². The first-order valence-corrected chi connectivity index (χ1v) is 5.56. The van der Waals surface area contributed by atoms with Crippen LogP contribution in [0.15, 0.2) is 24.3 Å². The quantitative estimate of drug-likeness (QED) is 0.820. The molecule has 0 bridgehead atoms. The molecule has 2 atom stereocenters. The lowest BCUT2D eigenvalue weighted by Crippen LogP contribution is -2.31. The zero-order valence-corrected chi connectivity index (χ0v) is 11.4. The van der Waals surface area contributed by atoms with Gasteiger partial charge in [-0.2, -0.15) is 8.78 Å². The average molecular weight is 314 g/mol. The fourth-order valence-electron chi connectivity index (χ4n) is 1.44. The van der Waals surface area contributed by atoms with E-state index in [0.717, 1.165) is 6.07 Å². The first kappa shape index (κ1) is 18.5. The molecule has 0 aromatic heterocycles. The highest BCUT2D eigenvalue weighted by atomic mass is 35.5. The molecule has 0 heterocycles. The Balaban J connectivity index is 0.00000361. The molecule has 0 amide bonds. The molecule has 20 heavy (non-hydrogen) atoms. The number of rotatable bonds is 6. The lowest BCUT2D eigenvalue weighted by molar-refractivity contribution is -0.149. The van der Waals surface area contributed by atoms with E-state index in [1.165, 1.54) is 25.1 Å². The number of hydrogen-bond acceptors (Lipinski definition) is 4. The number of hydrogen-bond donors (Lipinski definition) is 1. The van der Waals surface area contributed by atoms with Crippen LogP contribution in [0.25, 0.3) is 0 Å². The molecular formula is C12H15ClF3NO3. The monoisotopic (exact) mass is 313 g/mol. The summed E-state index contributed by atoms with van der Waals surface area (Å²) in [4.78, 5) is 11.2. The van der Waals surface area contributed by atoms with Crippen LogP contribution in [0.5, 0.6) is 5.75 Å². The van der Waals surface area contributed by atoms with Crippen molar-refractivity contribution in [1.29, 1.82) is 0 Å². The van der Waals surface area contributed by atoms with Gasteiger partial charge in [0.15, 0.2) is 0 Å². The topological polar surface area (TPSA) is 61.5 Å². The summed E-state index contributed by atoms with van der Waals surface area (Å²) in [5, 5.41) is 0. The van der Waals surface area contributed by atoms with Gasteiger partial charge in [-0.25, -0.2) is 9.18 Å². The molecule has 4 nitrogen and oxygen atoms in total. The average Bonchev–Trinajstić information content (AvgIpc) is 2.36. The SMILES string of the molecule is CCOC(=O)C(F)[C@H](N)c1cccc(OC(F)F)c1.Cl. The number of nitrogens with two attached hydrogens (primary N) is 1. The first-order valence-electron chi connectivity index (χ1n) is 5.56.